The number of ketones is 1. The molecule has 1 atom stereocenters. The zero-order valence-electron chi connectivity index (χ0n) is 11.3. The van der Waals surface area contributed by atoms with Crippen molar-refractivity contribution < 1.29 is 9.72 Å². The van der Waals surface area contributed by atoms with Gasteiger partial charge in [-0.25, -0.2) is 0 Å². The van der Waals surface area contributed by atoms with E-state index in [0.717, 1.165) is 25.9 Å². The monoisotopic (exact) mass is 262 g/mol. The highest BCUT2D eigenvalue weighted by Crippen LogP contribution is 2.32. The minimum absolute atomic E-state index is 0.0294. The van der Waals surface area contributed by atoms with Gasteiger partial charge in [0, 0.05) is 24.7 Å². The van der Waals surface area contributed by atoms with Crippen molar-refractivity contribution in [2.24, 2.45) is 5.92 Å². The van der Waals surface area contributed by atoms with Gasteiger partial charge in [-0.1, -0.05) is 6.92 Å². The number of carbonyl (C=O) groups is 1. The van der Waals surface area contributed by atoms with Gasteiger partial charge in [-0.15, -0.1) is 0 Å². The van der Waals surface area contributed by atoms with Crippen LogP contribution in [0.2, 0.25) is 0 Å². The lowest BCUT2D eigenvalue weighted by Crippen LogP contribution is -2.34. The van der Waals surface area contributed by atoms with Gasteiger partial charge in [0.25, 0.3) is 5.69 Å². The van der Waals surface area contributed by atoms with Crippen LogP contribution in [0.1, 0.15) is 37.0 Å². The normalized spacial score (nSPS) is 19.3. The summed E-state index contributed by atoms with van der Waals surface area (Å²) in [7, 11) is 0. The SMILES string of the molecule is CC(=O)c1ccc(N2CCCC(C)C2)c([N+](=O)[O-])c1. The molecule has 0 N–H and O–H groups in total. The van der Waals surface area contributed by atoms with E-state index in [1.54, 1.807) is 12.1 Å². The van der Waals surface area contributed by atoms with Gasteiger partial charge >= 0.3 is 0 Å². The van der Waals surface area contributed by atoms with E-state index in [-0.39, 0.29) is 11.5 Å². The van der Waals surface area contributed by atoms with E-state index in [0.29, 0.717) is 17.2 Å². The molecule has 1 aromatic rings. The summed E-state index contributed by atoms with van der Waals surface area (Å²) < 4.78 is 0. The zero-order valence-corrected chi connectivity index (χ0v) is 11.3. The van der Waals surface area contributed by atoms with Crippen molar-refractivity contribution in [3.63, 3.8) is 0 Å². The smallest absolute Gasteiger partial charge is 0.293 e. The molecular weight excluding hydrogens is 244 g/mol. The van der Waals surface area contributed by atoms with E-state index in [4.69, 9.17) is 0 Å². The molecule has 5 heteroatoms. The quantitative estimate of drug-likeness (QED) is 0.477. The Balaban J connectivity index is 2.38. The van der Waals surface area contributed by atoms with Crippen LogP contribution in [0.4, 0.5) is 11.4 Å². The van der Waals surface area contributed by atoms with E-state index >= 15 is 0 Å². The van der Waals surface area contributed by atoms with Crippen molar-refractivity contribution in [1.82, 2.24) is 0 Å². The molecule has 1 unspecified atom stereocenters. The standard InChI is InChI=1S/C14H18N2O3/c1-10-4-3-7-15(9-10)13-6-5-12(11(2)17)8-14(13)16(18)19/h5-6,8,10H,3-4,7,9H2,1-2H3. The number of hydrogen-bond acceptors (Lipinski definition) is 4. The Hall–Kier alpha value is -1.91. The Morgan fingerprint density at radius 3 is 2.79 bits per heavy atom. The van der Waals surface area contributed by atoms with Crippen LogP contribution in [-0.4, -0.2) is 23.8 Å². The van der Waals surface area contributed by atoms with Crippen LogP contribution in [0.3, 0.4) is 0 Å². The van der Waals surface area contributed by atoms with Crippen molar-refractivity contribution in [3.8, 4) is 0 Å². The first-order valence-corrected chi connectivity index (χ1v) is 6.53. The molecule has 1 saturated heterocycles. The first-order valence-electron chi connectivity index (χ1n) is 6.53. The molecule has 1 aliphatic rings. The lowest BCUT2D eigenvalue weighted by molar-refractivity contribution is -0.384. The van der Waals surface area contributed by atoms with Gasteiger partial charge in [0.1, 0.15) is 5.69 Å². The highest BCUT2D eigenvalue weighted by atomic mass is 16.6. The van der Waals surface area contributed by atoms with Crippen LogP contribution < -0.4 is 4.90 Å². The number of nitro groups is 1. The summed E-state index contributed by atoms with van der Waals surface area (Å²) in [6, 6.07) is 4.76. The largest absolute Gasteiger partial charge is 0.366 e. The van der Waals surface area contributed by atoms with Crippen molar-refractivity contribution in [2.45, 2.75) is 26.7 Å². The molecule has 0 aliphatic carbocycles. The summed E-state index contributed by atoms with van der Waals surface area (Å²) in [6.45, 7) is 5.24. The van der Waals surface area contributed by atoms with Crippen LogP contribution in [-0.2, 0) is 0 Å². The minimum Gasteiger partial charge on any atom is -0.366 e. The van der Waals surface area contributed by atoms with Crippen LogP contribution in [0.25, 0.3) is 0 Å². The molecule has 1 aromatic carbocycles. The van der Waals surface area contributed by atoms with Gasteiger partial charge in [-0.2, -0.15) is 0 Å². The van der Waals surface area contributed by atoms with Crippen LogP contribution in [0.5, 0.6) is 0 Å². The van der Waals surface area contributed by atoms with Crippen molar-refractivity contribution in [3.05, 3.63) is 33.9 Å². The molecule has 0 radical (unpaired) electrons. The molecule has 0 saturated carbocycles. The molecule has 0 bridgehead atoms. The van der Waals surface area contributed by atoms with Gasteiger partial charge < -0.3 is 4.90 Å². The average Bonchev–Trinajstić information content (AvgIpc) is 2.37. The Kier molecular flexibility index (Phi) is 3.83. The Morgan fingerprint density at radius 1 is 1.47 bits per heavy atom. The van der Waals surface area contributed by atoms with E-state index in [2.05, 4.69) is 11.8 Å². The zero-order chi connectivity index (χ0) is 14.0. The average molecular weight is 262 g/mol. The van der Waals surface area contributed by atoms with Crippen LogP contribution >= 0.6 is 0 Å². The van der Waals surface area contributed by atoms with Gasteiger partial charge in [0.2, 0.25) is 0 Å². The molecule has 0 aromatic heterocycles. The summed E-state index contributed by atoms with van der Waals surface area (Å²) in [5, 5.41) is 11.2. The maximum absolute atomic E-state index is 11.3. The fraction of sp³-hybridized carbons (Fsp3) is 0.500. The minimum atomic E-state index is -0.402. The van der Waals surface area contributed by atoms with Crippen molar-refractivity contribution >= 4 is 17.2 Å². The van der Waals surface area contributed by atoms with Crippen LogP contribution in [0, 0.1) is 16.0 Å². The number of nitro benzene ring substituents is 1. The molecule has 2 rings (SSSR count). The van der Waals surface area contributed by atoms with Gasteiger partial charge in [-0.05, 0) is 37.8 Å². The molecule has 0 spiro atoms. The van der Waals surface area contributed by atoms with E-state index in [1.165, 1.54) is 13.0 Å². The number of benzene rings is 1. The number of rotatable bonds is 3. The Labute approximate surface area is 112 Å². The van der Waals surface area contributed by atoms with Crippen LogP contribution in [0.15, 0.2) is 18.2 Å². The molecule has 1 fully saturated rings. The molecular formula is C14H18N2O3. The summed E-state index contributed by atoms with van der Waals surface area (Å²) in [5.74, 6) is 0.391. The number of hydrogen-bond donors (Lipinski definition) is 0. The number of carbonyl (C=O) groups excluding carboxylic acids is 1. The fourth-order valence-corrected chi connectivity index (χ4v) is 2.56. The van der Waals surface area contributed by atoms with Gasteiger partial charge in [0.15, 0.2) is 5.78 Å². The highest BCUT2D eigenvalue weighted by molar-refractivity contribution is 5.95. The first-order chi connectivity index (χ1) is 8.99. The molecule has 0 amide bonds. The predicted octanol–water partition coefficient (Wildman–Crippen LogP) is 3.03. The molecule has 1 heterocycles. The van der Waals surface area contributed by atoms with Crippen molar-refractivity contribution in [2.75, 3.05) is 18.0 Å². The third kappa shape index (κ3) is 2.92. The molecule has 5 nitrogen and oxygen atoms in total. The summed E-state index contributed by atoms with van der Waals surface area (Å²) in [6.07, 6.45) is 2.21. The second-order valence-corrected chi connectivity index (χ2v) is 5.21. The first kappa shape index (κ1) is 13.5. The van der Waals surface area contributed by atoms with Gasteiger partial charge in [0.05, 0.1) is 4.92 Å². The second-order valence-electron chi connectivity index (χ2n) is 5.21. The topological polar surface area (TPSA) is 63.5 Å². The Bertz CT molecular complexity index is 513. The highest BCUT2D eigenvalue weighted by Gasteiger charge is 2.24. The Morgan fingerprint density at radius 2 is 2.21 bits per heavy atom. The number of Topliss-reactive ketones (excluding diaryl/α,β-unsaturated/α-hetero) is 1. The van der Waals surface area contributed by atoms with E-state index < -0.39 is 4.92 Å². The summed E-state index contributed by atoms with van der Waals surface area (Å²) >= 11 is 0. The second kappa shape index (κ2) is 5.38. The maximum atomic E-state index is 11.3. The molecule has 102 valence electrons. The maximum Gasteiger partial charge on any atom is 0.293 e. The summed E-state index contributed by atoms with van der Waals surface area (Å²) in [4.78, 5) is 24.2. The number of piperidine rings is 1. The fourth-order valence-electron chi connectivity index (χ4n) is 2.56. The predicted molar refractivity (Wildman–Crippen MR) is 73.7 cm³/mol. The third-order valence-corrected chi connectivity index (χ3v) is 3.58. The number of nitrogens with zero attached hydrogens (tertiary/aromatic N) is 2. The lowest BCUT2D eigenvalue weighted by Gasteiger charge is -2.32. The van der Waals surface area contributed by atoms with Crippen molar-refractivity contribution in [1.29, 1.82) is 0 Å². The molecule has 19 heavy (non-hydrogen) atoms. The lowest BCUT2D eigenvalue weighted by atomic mass is 9.99. The van der Waals surface area contributed by atoms with Gasteiger partial charge in [-0.3, -0.25) is 14.9 Å². The third-order valence-electron chi connectivity index (χ3n) is 3.58. The number of anilines is 1. The van der Waals surface area contributed by atoms with E-state index in [1.807, 2.05) is 0 Å². The molecule has 1 aliphatic heterocycles. The van der Waals surface area contributed by atoms with E-state index in [9.17, 15) is 14.9 Å². The summed E-state index contributed by atoms with van der Waals surface area (Å²) in [5.41, 5.74) is 1.05.